The smallest absolute Gasteiger partial charge is 0.360 e. The number of oxime groups is 1. The Bertz CT molecular complexity index is 715. The van der Waals surface area contributed by atoms with E-state index in [2.05, 4.69) is 14.7 Å². The quantitative estimate of drug-likeness (QED) is 0.467. The predicted octanol–water partition coefficient (Wildman–Crippen LogP) is 2.93. The minimum absolute atomic E-state index is 0.0198. The maximum atomic E-state index is 13.6. The summed E-state index contributed by atoms with van der Waals surface area (Å²) >= 11 is 0. The number of benzene rings is 2. The van der Waals surface area contributed by atoms with Gasteiger partial charge < -0.3 is 14.3 Å². The summed E-state index contributed by atoms with van der Waals surface area (Å²) in [6, 6.07) is 13.0. The van der Waals surface area contributed by atoms with Gasteiger partial charge in [0.25, 0.3) is 0 Å². The SMILES string of the molecule is CON=C(C(=O)OC)c1cccc(OCc2ccccc2F)c1. The molecule has 0 atom stereocenters. The normalized spacial score (nSPS) is 11.0. The number of ether oxygens (including phenoxy) is 2. The number of methoxy groups -OCH3 is 1. The summed E-state index contributed by atoms with van der Waals surface area (Å²) in [6.45, 7) is 0.0745. The van der Waals surface area contributed by atoms with E-state index in [1.54, 1.807) is 42.5 Å². The topological polar surface area (TPSA) is 57.1 Å². The Balaban J connectivity index is 2.18. The third-order valence-corrected chi connectivity index (χ3v) is 3.02. The molecule has 120 valence electrons. The summed E-state index contributed by atoms with van der Waals surface area (Å²) in [7, 11) is 2.59. The molecule has 0 aliphatic rings. The van der Waals surface area contributed by atoms with E-state index in [4.69, 9.17) is 4.74 Å². The van der Waals surface area contributed by atoms with Crippen LogP contribution in [0.5, 0.6) is 5.75 Å². The van der Waals surface area contributed by atoms with Gasteiger partial charge in [-0.3, -0.25) is 0 Å². The molecular formula is C17H16FNO4. The van der Waals surface area contributed by atoms with Gasteiger partial charge in [0.1, 0.15) is 25.3 Å². The lowest BCUT2D eigenvalue weighted by atomic mass is 10.1. The van der Waals surface area contributed by atoms with Crippen LogP contribution in [0.15, 0.2) is 53.7 Å². The highest BCUT2D eigenvalue weighted by Crippen LogP contribution is 2.17. The highest BCUT2D eigenvalue weighted by molar-refractivity contribution is 6.43. The van der Waals surface area contributed by atoms with E-state index >= 15 is 0 Å². The van der Waals surface area contributed by atoms with E-state index in [0.29, 0.717) is 16.9 Å². The number of carbonyl (C=O) groups excluding carboxylic acids is 1. The van der Waals surface area contributed by atoms with Crippen molar-refractivity contribution in [3.8, 4) is 5.75 Å². The molecule has 0 N–H and O–H groups in total. The van der Waals surface area contributed by atoms with Crippen molar-refractivity contribution in [2.24, 2.45) is 5.16 Å². The van der Waals surface area contributed by atoms with Crippen molar-refractivity contribution in [1.82, 2.24) is 0 Å². The van der Waals surface area contributed by atoms with Crippen LogP contribution in [0.2, 0.25) is 0 Å². The number of hydrogen-bond acceptors (Lipinski definition) is 5. The van der Waals surface area contributed by atoms with Crippen molar-refractivity contribution >= 4 is 11.7 Å². The molecular weight excluding hydrogens is 301 g/mol. The number of carbonyl (C=O) groups is 1. The summed E-state index contributed by atoms with van der Waals surface area (Å²) in [5, 5.41) is 3.67. The molecule has 0 aromatic heterocycles. The van der Waals surface area contributed by atoms with E-state index < -0.39 is 5.97 Å². The first-order chi connectivity index (χ1) is 11.2. The van der Waals surface area contributed by atoms with Gasteiger partial charge in [-0.05, 0) is 18.2 Å². The number of rotatable bonds is 6. The minimum Gasteiger partial charge on any atom is -0.489 e. The molecule has 0 aliphatic heterocycles. The van der Waals surface area contributed by atoms with Gasteiger partial charge in [0.2, 0.25) is 0 Å². The highest BCUT2D eigenvalue weighted by atomic mass is 19.1. The Kier molecular flexibility index (Phi) is 5.68. The average Bonchev–Trinajstić information content (AvgIpc) is 2.58. The van der Waals surface area contributed by atoms with Crippen LogP contribution in [0.3, 0.4) is 0 Å². The van der Waals surface area contributed by atoms with E-state index in [-0.39, 0.29) is 18.1 Å². The summed E-state index contributed by atoms with van der Waals surface area (Å²) in [4.78, 5) is 16.4. The average molecular weight is 317 g/mol. The second-order valence-corrected chi connectivity index (χ2v) is 4.52. The fourth-order valence-electron chi connectivity index (χ4n) is 1.91. The zero-order valence-corrected chi connectivity index (χ0v) is 12.8. The third kappa shape index (κ3) is 4.29. The maximum absolute atomic E-state index is 13.6. The van der Waals surface area contributed by atoms with Crippen molar-refractivity contribution in [1.29, 1.82) is 0 Å². The summed E-state index contributed by atoms with van der Waals surface area (Å²) < 4.78 is 23.8. The van der Waals surface area contributed by atoms with Gasteiger partial charge in [0.05, 0.1) is 7.11 Å². The fourth-order valence-corrected chi connectivity index (χ4v) is 1.91. The van der Waals surface area contributed by atoms with Crippen LogP contribution in [0.25, 0.3) is 0 Å². The summed E-state index contributed by atoms with van der Waals surface area (Å²) in [5.74, 6) is -0.489. The maximum Gasteiger partial charge on any atom is 0.360 e. The van der Waals surface area contributed by atoms with Gasteiger partial charge >= 0.3 is 5.97 Å². The Morgan fingerprint density at radius 3 is 2.61 bits per heavy atom. The molecule has 0 amide bonds. The van der Waals surface area contributed by atoms with E-state index in [0.717, 1.165) is 0 Å². The van der Waals surface area contributed by atoms with Crippen LogP contribution in [0, 0.1) is 5.82 Å². The van der Waals surface area contributed by atoms with E-state index in [9.17, 15) is 9.18 Å². The van der Waals surface area contributed by atoms with Crippen molar-refractivity contribution < 1.29 is 23.5 Å². The Hall–Kier alpha value is -2.89. The van der Waals surface area contributed by atoms with Crippen LogP contribution in [-0.2, 0) is 21.0 Å². The molecule has 0 unspecified atom stereocenters. The zero-order valence-electron chi connectivity index (χ0n) is 12.8. The summed E-state index contributed by atoms with van der Waals surface area (Å²) in [5.41, 5.74) is 0.938. The monoisotopic (exact) mass is 317 g/mol. The largest absolute Gasteiger partial charge is 0.489 e. The molecule has 2 aromatic carbocycles. The lowest BCUT2D eigenvalue weighted by Crippen LogP contribution is -2.17. The lowest BCUT2D eigenvalue weighted by Gasteiger charge is -2.09. The third-order valence-electron chi connectivity index (χ3n) is 3.02. The van der Waals surface area contributed by atoms with Gasteiger partial charge in [-0.2, -0.15) is 0 Å². The first kappa shape index (κ1) is 16.5. The van der Waals surface area contributed by atoms with E-state index in [1.165, 1.54) is 20.3 Å². The molecule has 0 heterocycles. The van der Waals surface area contributed by atoms with Crippen LogP contribution in [0.4, 0.5) is 4.39 Å². The van der Waals surface area contributed by atoms with Gasteiger partial charge in [0, 0.05) is 11.1 Å². The number of nitrogens with zero attached hydrogens (tertiary/aromatic N) is 1. The molecule has 5 nitrogen and oxygen atoms in total. The lowest BCUT2D eigenvalue weighted by molar-refractivity contribution is -0.132. The molecule has 0 saturated heterocycles. The second kappa shape index (κ2) is 7.93. The van der Waals surface area contributed by atoms with E-state index in [1.807, 2.05) is 0 Å². The van der Waals surface area contributed by atoms with Crippen LogP contribution in [-0.4, -0.2) is 25.9 Å². The molecule has 2 rings (SSSR count). The number of halogens is 1. The Labute approximate surface area is 133 Å². The Morgan fingerprint density at radius 2 is 1.91 bits per heavy atom. The molecule has 0 bridgehead atoms. The zero-order chi connectivity index (χ0) is 16.7. The van der Waals surface area contributed by atoms with Crippen molar-refractivity contribution in [3.05, 3.63) is 65.5 Å². The molecule has 0 spiro atoms. The standard InChI is InChI=1S/C17H16FNO4/c1-21-17(20)16(19-22-2)12-7-5-8-14(10-12)23-11-13-6-3-4-9-15(13)18/h3-10H,11H2,1-2H3. The van der Waals surface area contributed by atoms with Crippen LogP contribution >= 0.6 is 0 Å². The molecule has 0 aliphatic carbocycles. The molecule has 23 heavy (non-hydrogen) atoms. The molecule has 6 heteroatoms. The highest BCUT2D eigenvalue weighted by Gasteiger charge is 2.16. The second-order valence-electron chi connectivity index (χ2n) is 4.52. The summed E-state index contributed by atoms with van der Waals surface area (Å²) in [6.07, 6.45) is 0. The van der Waals surface area contributed by atoms with Crippen molar-refractivity contribution in [2.75, 3.05) is 14.2 Å². The van der Waals surface area contributed by atoms with Crippen molar-refractivity contribution in [3.63, 3.8) is 0 Å². The molecule has 0 fully saturated rings. The molecule has 0 radical (unpaired) electrons. The predicted molar refractivity (Wildman–Crippen MR) is 82.7 cm³/mol. The fraction of sp³-hybridized carbons (Fsp3) is 0.176. The van der Waals surface area contributed by atoms with Gasteiger partial charge in [-0.25, -0.2) is 9.18 Å². The van der Waals surface area contributed by atoms with Gasteiger partial charge in [-0.15, -0.1) is 0 Å². The number of esters is 1. The van der Waals surface area contributed by atoms with Crippen LogP contribution < -0.4 is 4.74 Å². The van der Waals surface area contributed by atoms with Gasteiger partial charge in [-0.1, -0.05) is 35.5 Å². The number of hydrogen-bond donors (Lipinski definition) is 0. The van der Waals surface area contributed by atoms with Crippen molar-refractivity contribution in [2.45, 2.75) is 6.61 Å². The minimum atomic E-state index is -0.627. The Morgan fingerprint density at radius 1 is 1.13 bits per heavy atom. The van der Waals surface area contributed by atoms with Crippen LogP contribution in [0.1, 0.15) is 11.1 Å². The molecule has 0 saturated carbocycles. The molecule has 2 aromatic rings. The first-order valence-corrected chi connectivity index (χ1v) is 6.81. The van der Waals surface area contributed by atoms with Gasteiger partial charge in [0.15, 0.2) is 5.71 Å². The first-order valence-electron chi connectivity index (χ1n) is 6.81.